The van der Waals surface area contributed by atoms with E-state index in [0.717, 1.165) is 53.1 Å². The van der Waals surface area contributed by atoms with E-state index in [-0.39, 0.29) is 5.91 Å². The molecule has 1 aliphatic rings. The first kappa shape index (κ1) is 25.8. The van der Waals surface area contributed by atoms with Crippen molar-refractivity contribution in [3.63, 3.8) is 0 Å². The van der Waals surface area contributed by atoms with Crippen LogP contribution in [-0.2, 0) is 19.4 Å². The van der Waals surface area contributed by atoms with Gasteiger partial charge < -0.3 is 14.8 Å². The third-order valence-corrected chi connectivity index (χ3v) is 8.39. The first-order chi connectivity index (χ1) is 19.7. The number of benzene rings is 4. The summed E-state index contributed by atoms with van der Waals surface area (Å²) in [6.45, 7) is 0.436. The number of anilines is 1. The zero-order valence-corrected chi connectivity index (χ0v) is 23.2. The van der Waals surface area contributed by atoms with E-state index < -0.39 is 0 Å². The fraction of sp³-hybridized carbons (Fsp3) is 0.176. The molecule has 1 heterocycles. The standard InChI is InChI=1S/C34H30N2O3S/c1-38-30-20-23(18-19-29(30)39-22-25-12-9-11-24-10-5-6-15-27(24)25)21-35-34-32(28-16-7-8-17-31(28)40-34)33(37)36-26-13-3-2-4-14-26/h2-6,9-15,18-21H,7-8,16-17,22H2,1H3,(H,36,37). The van der Waals surface area contributed by atoms with Crippen molar-refractivity contribution >= 4 is 44.9 Å². The minimum atomic E-state index is -0.104. The third-order valence-electron chi connectivity index (χ3n) is 7.19. The Hall–Kier alpha value is -4.42. The predicted octanol–water partition coefficient (Wildman–Crippen LogP) is 8.37. The summed E-state index contributed by atoms with van der Waals surface area (Å²) in [6, 6.07) is 29.9. The maximum absolute atomic E-state index is 13.4. The highest BCUT2D eigenvalue weighted by atomic mass is 32.1. The lowest BCUT2D eigenvalue weighted by molar-refractivity contribution is 0.102. The van der Waals surface area contributed by atoms with E-state index in [2.05, 4.69) is 35.6 Å². The van der Waals surface area contributed by atoms with Crippen molar-refractivity contribution in [2.45, 2.75) is 32.3 Å². The SMILES string of the molecule is COc1cc(C=Nc2sc3c(c2C(=O)Nc2ccccc2)CCCC3)ccc1OCc1cccc2ccccc12. The minimum Gasteiger partial charge on any atom is -0.493 e. The van der Waals surface area contributed by atoms with Crippen molar-refractivity contribution < 1.29 is 14.3 Å². The van der Waals surface area contributed by atoms with Crippen LogP contribution in [-0.4, -0.2) is 19.2 Å². The lowest BCUT2D eigenvalue weighted by Crippen LogP contribution is -2.14. The number of carbonyl (C=O) groups is 1. The van der Waals surface area contributed by atoms with E-state index in [4.69, 9.17) is 14.5 Å². The number of methoxy groups -OCH3 is 1. The molecule has 5 aromatic rings. The van der Waals surface area contributed by atoms with E-state index in [1.807, 2.05) is 60.7 Å². The fourth-order valence-corrected chi connectivity index (χ4v) is 6.41. The molecule has 1 amide bonds. The molecule has 40 heavy (non-hydrogen) atoms. The molecule has 5 nitrogen and oxygen atoms in total. The number of hydrogen-bond acceptors (Lipinski definition) is 5. The summed E-state index contributed by atoms with van der Waals surface area (Å²) >= 11 is 1.63. The number of aliphatic imine (C=N–C) groups is 1. The third kappa shape index (κ3) is 5.49. The van der Waals surface area contributed by atoms with Crippen molar-refractivity contribution in [2.75, 3.05) is 12.4 Å². The number of para-hydroxylation sites is 1. The van der Waals surface area contributed by atoms with Gasteiger partial charge in [0, 0.05) is 16.8 Å². The van der Waals surface area contributed by atoms with Gasteiger partial charge in [-0.15, -0.1) is 11.3 Å². The molecule has 0 atom stereocenters. The van der Waals surface area contributed by atoms with Crippen LogP contribution in [0.2, 0.25) is 0 Å². The van der Waals surface area contributed by atoms with Gasteiger partial charge in [-0.1, -0.05) is 60.7 Å². The van der Waals surface area contributed by atoms with Gasteiger partial charge in [0.2, 0.25) is 0 Å². The number of carbonyl (C=O) groups excluding carboxylic acids is 1. The molecule has 6 heteroatoms. The Morgan fingerprint density at radius 1 is 0.925 bits per heavy atom. The van der Waals surface area contributed by atoms with Crippen LogP contribution in [0.15, 0.2) is 96.0 Å². The number of nitrogens with one attached hydrogen (secondary N) is 1. The molecule has 0 fully saturated rings. The van der Waals surface area contributed by atoms with Crippen molar-refractivity contribution in [2.24, 2.45) is 4.99 Å². The van der Waals surface area contributed by atoms with Crippen LogP contribution in [0.1, 0.15) is 44.8 Å². The molecule has 200 valence electrons. The second-order valence-electron chi connectivity index (χ2n) is 9.81. The number of fused-ring (bicyclic) bond motifs is 2. The first-order valence-corrected chi connectivity index (χ1v) is 14.3. The Bertz CT molecular complexity index is 1690. The van der Waals surface area contributed by atoms with Gasteiger partial charge in [-0.3, -0.25) is 4.79 Å². The number of thiophene rings is 1. The molecule has 0 spiro atoms. The minimum absolute atomic E-state index is 0.104. The molecule has 0 saturated heterocycles. The van der Waals surface area contributed by atoms with Gasteiger partial charge in [-0.05, 0) is 83.5 Å². The Morgan fingerprint density at radius 2 is 1.73 bits per heavy atom. The van der Waals surface area contributed by atoms with Crippen molar-refractivity contribution in [3.8, 4) is 11.5 Å². The number of aryl methyl sites for hydroxylation is 1. The Kier molecular flexibility index (Phi) is 7.60. The number of rotatable bonds is 8. The number of ether oxygens (including phenoxy) is 2. The van der Waals surface area contributed by atoms with Gasteiger partial charge in [-0.2, -0.15) is 0 Å². The fourth-order valence-electron chi connectivity index (χ4n) is 5.18. The molecule has 1 N–H and O–H groups in total. The van der Waals surface area contributed by atoms with Gasteiger partial charge >= 0.3 is 0 Å². The second-order valence-corrected chi connectivity index (χ2v) is 10.9. The van der Waals surface area contributed by atoms with E-state index in [0.29, 0.717) is 23.7 Å². The van der Waals surface area contributed by atoms with E-state index in [1.165, 1.54) is 15.6 Å². The van der Waals surface area contributed by atoms with E-state index in [1.54, 1.807) is 24.7 Å². The molecule has 0 saturated carbocycles. The summed E-state index contributed by atoms with van der Waals surface area (Å²) in [5.41, 5.74) is 4.61. The van der Waals surface area contributed by atoms with Crippen LogP contribution in [0.25, 0.3) is 10.8 Å². The topological polar surface area (TPSA) is 59.9 Å². The van der Waals surface area contributed by atoms with E-state index >= 15 is 0 Å². The van der Waals surface area contributed by atoms with Crippen LogP contribution >= 0.6 is 11.3 Å². The molecule has 0 radical (unpaired) electrons. The maximum Gasteiger partial charge on any atom is 0.259 e. The average Bonchev–Trinajstić information content (AvgIpc) is 3.38. The molecule has 1 aliphatic carbocycles. The highest BCUT2D eigenvalue weighted by molar-refractivity contribution is 7.16. The van der Waals surface area contributed by atoms with Gasteiger partial charge in [0.25, 0.3) is 5.91 Å². The Labute approximate surface area is 238 Å². The lowest BCUT2D eigenvalue weighted by atomic mass is 9.95. The van der Waals surface area contributed by atoms with E-state index in [9.17, 15) is 4.79 Å². The number of nitrogens with zero attached hydrogens (tertiary/aromatic N) is 1. The Morgan fingerprint density at radius 3 is 2.60 bits per heavy atom. The summed E-state index contributed by atoms with van der Waals surface area (Å²) < 4.78 is 11.8. The molecule has 0 bridgehead atoms. The van der Waals surface area contributed by atoms with Gasteiger partial charge in [0.15, 0.2) is 11.5 Å². The first-order valence-electron chi connectivity index (χ1n) is 13.5. The monoisotopic (exact) mass is 546 g/mol. The lowest BCUT2D eigenvalue weighted by Gasteiger charge is -2.13. The molecule has 0 unspecified atom stereocenters. The van der Waals surface area contributed by atoms with Crippen molar-refractivity contribution in [1.82, 2.24) is 0 Å². The normalized spacial score (nSPS) is 12.8. The highest BCUT2D eigenvalue weighted by Crippen LogP contribution is 2.40. The van der Waals surface area contributed by atoms with Gasteiger partial charge in [0.05, 0.1) is 12.7 Å². The summed E-state index contributed by atoms with van der Waals surface area (Å²) in [4.78, 5) is 19.5. The number of amides is 1. The predicted molar refractivity (Wildman–Crippen MR) is 164 cm³/mol. The van der Waals surface area contributed by atoms with Gasteiger partial charge in [-0.25, -0.2) is 4.99 Å². The van der Waals surface area contributed by atoms with Crippen molar-refractivity contribution in [1.29, 1.82) is 0 Å². The van der Waals surface area contributed by atoms with Crippen LogP contribution in [0.5, 0.6) is 11.5 Å². The number of hydrogen-bond donors (Lipinski definition) is 1. The zero-order valence-electron chi connectivity index (χ0n) is 22.4. The summed E-state index contributed by atoms with van der Waals surface area (Å²) in [7, 11) is 1.64. The summed E-state index contributed by atoms with van der Waals surface area (Å²) in [5.74, 6) is 1.20. The van der Waals surface area contributed by atoms with Crippen LogP contribution < -0.4 is 14.8 Å². The smallest absolute Gasteiger partial charge is 0.259 e. The molecule has 4 aromatic carbocycles. The zero-order chi connectivity index (χ0) is 27.3. The molecular weight excluding hydrogens is 516 g/mol. The summed E-state index contributed by atoms with van der Waals surface area (Å²) in [5, 5.41) is 6.17. The molecule has 6 rings (SSSR count). The second kappa shape index (κ2) is 11.8. The summed E-state index contributed by atoms with van der Waals surface area (Å²) in [6.07, 6.45) is 5.95. The van der Waals surface area contributed by atoms with Crippen LogP contribution in [0.4, 0.5) is 10.7 Å². The largest absolute Gasteiger partial charge is 0.493 e. The molecule has 1 aromatic heterocycles. The maximum atomic E-state index is 13.4. The quantitative estimate of drug-likeness (QED) is 0.199. The van der Waals surface area contributed by atoms with Crippen LogP contribution in [0.3, 0.4) is 0 Å². The molecular formula is C34H30N2O3S. The van der Waals surface area contributed by atoms with Crippen LogP contribution in [0, 0.1) is 0 Å². The van der Waals surface area contributed by atoms with Gasteiger partial charge in [0.1, 0.15) is 11.6 Å². The highest BCUT2D eigenvalue weighted by Gasteiger charge is 2.25. The van der Waals surface area contributed by atoms with Crippen molar-refractivity contribution in [3.05, 3.63) is 118 Å². The average molecular weight is 547 g/mol. The molecule has 0 aliphatic heterocycles. The Balaban J connectivity index is 1.23.